The maximum Gasteiger partial charge on any atom is 0.416 e. The highest BCUT2D eigenvalue weighted by atomic mass is 19.4. The van der Waals surface area contributed by atoms with Crippen molar-refractivity contribution in [2.45, 2.75) is 63.1 Å². The molecule has 2 fully saturated rings. The van der Waals surface area contributed by atoms with Gasteiger partial charge in [-0.05, 0) is 48.6 Å². The van der Waals surface area contributed by atoms with E-state index in [0.717, 1.165) is 30.5 Å². The molecule has 2 atom stereocenters. The average molecular weight is 419 g/mol. The largest absolute Gasteiger partial charge is 0.445 e. The number of hydrogen-bond donors (Lipinski definition) is 1. The van der Waals surface area contributed by atoms with E-state index in [2.05, 4.69) is 0 Å². The number of hydrogen-bond acceptors (Lipinski definition) is 3. The van der Waals surface area contributed by atoms with Gasteiger partial charge >= 0.3 is 12.3 Å². The normalized spacial score (nSPS) is 26.0. The number of halogens is 3. The third-order valence-corrected chi connectivity index (χ3v) is 6.24. The molecular weight excluding hydrogens is 395 g/mol. The van der Waals surface area contributed by atoms with Crippen LogP contribution in [0.1, 0.15) is 47.9 Å². The standard InChI is InChI=1S/C23H24F3NO3/c1-15-11-17(23(24,25)26)7-10-20(15)22(29)12-18-8-9-19(13-22)27(18)21(28)30-14-16-5-3-2-4-6-16/h2-7,10-11,18-19,29H,8-9,12-14H2,1H3. The van der Waals surface area contributed by atoms with Crippen molar-refractivity contribution in [3.8, 4) is 0 Å². The number of aliphatic hydroxyl groups is 1. The molecule has 2 aromatic carbocycles. The monoisotopic (exact) mass is 419 g/mol. The van der Waals surface area contributed by atoms with Crippen LogP contribution in [0.25, 0.3) is 0 Å². The molecule has 1 amide bonds. The van der Waals surface area contributed by atoms with Gasteiger partial charge in [0.05, 0.1) is 11.2 Å². The second kappa shape index (κ2) is 7.61. The second-order valence-electron chi connectivity index (χ2n) is 8.30. The van der Waals surface area contributed by atoms with Crippen molar-refractivity contribution >= 4 is 6.09 Å². The average Bonchev–Trinajstić information content (AvgIpc) is 2.98. The Bertz CT molecular complexity index is 915. The smallest absolute Gasteiger partial charge is 0.416 e. The number of nitrogens with zero attached hydrogens (tertiary/aromatic N) is 1. The zero-order valence-corrected chi connectivity index (χ0v) is 16.7. The molecule has 4 rings (SSSR count). The SMILES string of the molecule is Cc1cc(C(F)(F)F)ccc1C1(O)CC2CCC(C1)N2C(=O)OCc1ccccc1. The number of piperidine rings is 1. The first-order valence-electron chi connectivity index (χ1n) is 10.1. The van der Waals surface area contributed by atoms with Crippen LogP contribution < -0.4 is 0 Å². The number of amides is 1. The first-order chi connectivity index (χ1) is 14.2. The maximum absolute atomic E-state index is 13.0. The number of carbonyl (C=O) groups excluding carboxylic acids is 1. The lowest BCUT2D eigenvalue weighted by Crippen LogP contribution is -2.52. The summed E-state index contributed by atoms with van der Waals surface area (Å²) in [6, 6.07) is 12.5. The molecule has 2 saturated heterocycles. The quantitative estimate of drug-likeness (QED) is 0.747. The Morgan fingerprint density at radius 2 is 1.77 bits per heavy atom. The molecule has 0 radical (unpaired) electrons. The van der Waals surface area contributed by atoms with Gasteiger partial charge < -0.3 is 14.7 Å². The van der Waals surface area contributed by atoms with Crippen molar-refractivity contribution in [2.24, 2.45) is 0 Å². The van der Waals surface area contributed by atoms with E-state index >= 15 is 0 Å². The fraction of sp³-hybridized carbons (Fsp3) is 0.435. The van der Waals surface area contributed by atoms with E-state index in [9.17, 15) is 23.1 Å². The Morgan fingerprint density at radius 1 is 1.13 bits per heavy atom. The van der Waals surface area contributed by atoms with Gasteiger partial charge in [0.2, 0.25) is 0 Å². The van der Waals surface area contributed by atoms with Crippen molar-refractivity contribution in [1.82, 2.24) is 4.90 Å². The van der Waals surface area contributed by atoms with Crippen LogP contribution in [0.2, 0.25) is 0 Å². The molecule has 2 bridgehead atoms. The summed E-state index contributed by atoms with van der Waals surface area (Å²) in [6.07, 6.45) is -2.76. The van der Waals surface area contributed by atoms with Crippen molar-refractivity contribution < 1.29 is 27.8 Å². The molecule has 2 unspecified atom stereocenters. The topological polar surface area (TPSA) is 49.8 Å². The first-order valence-corrected chi connectivity index (χ1v) is 10.1. The molecule has 0 aromatic heterocycles. The van der Waals surface area contributed by atoms with Crippen LogP contribution in [0.3, 0.4) is 0 Å². The van der Waals surface area contributed by atoms with E-state index in [1.165, 1.54) is 6.07 Å². The lowest BCUT2D eigenvalue weighted by molar-refractivity contribution is -0.137. The minimum atomic E-state index is -4.42. The molecule has 30 heavy (non-hydrogen) atoms. The van der Waals surface area contributed by atoms with Crippen molar-refractivity contribution in [1.29, 1.82) is 0 Å². The Kier molecular flexibility index (Phi) is 5.26. The summed E-state index contributed by atoms with van der Waals surface area (Å²) < 4.78 is 44.4. The predicted octanol–water partition coefficient (Wildman–Crippen LogP) is 5.17. The molecule has 0 spiro atoms. The Labute approximate surface area is 173 Å². The van der Waals surface area contributed by atoms with Gasteiger partial charge in [0.25, 0.3) is 0 Å². The van der Waals surface area contributed by atoms with Crippen molar-refractivity contribution in [2.75, 3.05) is 0 Å². The van der Waals surface area contributed by atoms with Crippen LogP contribution in [0.4, 0.5) is 18.0 Å². The van der Waals surface area contributed by atoms with E-state index < -0.39 is 23.4 Å². The van der Waals surface area contributed by atoms with Crippen LogP contribution in [0, 0.1) is 6.92 Å². The number of alkyl halides is 3. The summed E-state index contributed by atoms with van der Waals surface area (Å²) in [5.41, 5.74) is -0.170. The molecule has 160 valence electrons. The van der Waals surface area contributed by atoms with E-state index in [4.69, 9.17) is 4.74 Å². The first kappa shape index (κ1) is 20.7. The Hall–Kier alpha value is -2.54. The van der Waals surface area contributed by atoms with E-state index in [1.54, 1.807) is 11.8 Å². The van der Waals surface area contributed by atoms with E-state index in [-0.39, 0.29) is 31.5 Å². The number of aryl methyl sites for hydroxylation is 1. The molecule has 0 aliphatic carbocycles. The molecule has 2 aromatic rings. The molecule has 1 N–H and O–H groups in total. The highest BCUT2D eigenvalue weighted by molar-refractivity contribution is 5.69. The third kappa shape index (κ3) is 3.90. The summed E-state index contributed by atoms with van der Waals surface area (Å²) in [5.74, 6) is 0. The Balaban J connectivity index is 1.48. The lowest BCUT2D eigenvalue weighted by Gasteiger charge is -2.44. The van der Waals surface area contributed by atoms with Gasteiger partial charge in [-0.15, -0.1) is 0 Å². The van der Waals surface area contributed by atoms with Gasteiger partial charge in [0, 0.05) is 24.9 Å². The van der Waals surface area contributed by atoms with E-state index in [1.807, 2.05) is 30.3 Å². The predicted molar refractivity (Wildman–Crippen MR) is 105 cm³/mol. The zero-order chi connectivity index (χ0) is 21.5. The maximum atomic E-state index is 13.0. The Morgan fingerprint density at radius 3 is 2.33 bits per heavy atom. The van der Waals surface area contributed by atoms with Crippen molar-refractivity contribution in [3.63, 3.8) is 0 Å². The zero-order valence-electron chi connectivity index (χ0n) is 16.7. The van der Waals surface area contributed by atoms with Crippen LogP contribution in [0.15, 0.2) is 48.5 Å². The second-order valence-corrected chi connectivity index (χ2v) is 8.30. The van der Waals surface area contributed by atoms with Gasteiger partial charge in [0.15, 0.2) is 0 Å². The lowest BCUT2D eigenvalue weighted by atomic mass is 9.78. The summed E-state index contributed by atoms with van der Waals surface area (Å²) in [6.45, 7) is 1.77. The number of rotatable bonds is 3. The summed E-state index contributed by atoms with van der Waals surface area (Å²) in [5, 5.41) is 11.3. The molecular formula is C23H24F3NO3. The van der Waals surface area contributed by atoms with Gasteiger partial charge in [-0.1, -0.05) is 36.4 Å². The molecule has 4 nitrogen and oxygen atoms in total. The van der Waals surface area contributed by atoms with E-state index in [0.29, 0.717) is 11.1 Å². The van der Waals surface area contributed by atoms with Gasteiger partial charge in [-0.2, -0.15) is 13.2 Å². The summed E-state index contributed by atoms with van der Waals surface area (Å²) >= 11 is 0. The van der Waals surface area contributed by atoms with Crippen LogP contribution in [-0.4, -0.2) is 28.2 Å². The highest BCUT2D eigenvalue weighted by Gasteiger charge is 2.51. The molecule has 2 aliphatic rings. The van der Waals surface area contributed by atoms with Crippen molar-refractivity contribution in [3.05, 3.63) is 70.8 Å². The molecule has 7 heteroatoms. The fourth-order valence-corrected chi connectivity index (χ4v) is 4.90. The third-order valence-electron chi connectivity index (χ3n) is 6.24. The minimum Gasteiger partial charge on any atom is -0.445 e. The highest BCUT2D eigenvalue weighted by Crippen LogP contribution is 2.47. The molecule has 0 saturated carbocycles. The summed E-state index contributed by atoms with van der Waals surface area (Å²) in [7, 11) is 0. The van der Waals surface area contributed by atoms with Crippen LogP contribution >= 0.6 is 0 Å². The van der Waals surface area contributed by atoms with Gasteiger partial charge in [-0.3, -0.25) is 0 Å². The van der Waals surface area contributed by atoms with Gasteiger partial charge in [0.1, 0.15) is 6.61 Å². The number of benzene rings is 2. The fourth-order valence-electron chi connectivity index (χ4n) is 4.90. The van der Waals surface area contributed by atoms with Gasteiger partial charge in [-0.25, -0.2) is 4.79 Å². The molecule has 2 aliphatic heterocycles. The van der Waals surface area contributed by atoms with Crippen LogP contribution in [0.5, 0.6) is 0 Å². The number of fused-ring (bicyclic) bond motifs is 2. The molecule has 2 heterocycles. The minimum absolute atomic E-state index is 0.178. The number of ether oxygens (including phenoxy) is 1. The summed E-state index contributed by atoms with van der Waals surface area (Å²) in [4.78, 5) is 14.4. The number of carbonyl (C=O) groups is 1. The van der Waals surface area contributed by atoms with Crippen LogP contribution in [-0.2, 0) is 23.1 Å².